The molecule has 2 amide bonds. The number of carbonyl (C=O) groups excluding carboxylic acids is 3. The molecule has 42 heavy (non-hydrogen) atoms. The average Bonchev–Trinajstić information content (AvgIpc) is 3.76. The van der Waals surface area contributed by atoms with Gasteiger partial charge in [0, 0.05) is 48.2 Å². The van der Waals surface area contributed by atoms with Crippen molar-refractivity contribution in [1.82, 2.24) is 19.9 Å². The zero-order valence-corrected chi connectivity index (χ0v) is 23.2. The lowest BCUT2D eigenvalue weighted by atomic mass is 9.74. The molecule has 0 atom stereocenters. The number of hydrogen-bond acceptors (Lipinski definition) is 8. The van der Waals surface area contributed by atoms with Gasteiger partial charge in [0.25, 0.3) is 0 Å². The third-order valence-electron chi connectivity index (χ3n) is 9.01. The Bertz CT molecular complexity index is 1740. The molecule has 1 saturated carbocycles. The normalized spacial score (nSPS) is 18.3. The van der Waals surface area contributed by atoms with Gasteiger partial charge in [0.05, 0.1) is 42.2 Å². The second-order valence-electron chi connectivity index (χ2n) is 11.4. The van der Waals surface area contributed by atoms with Crippen LogP contribution >= 0.6 is 0 Å². The fourth-order valence-corrected chi connectivity index (χ4v) is 6.45. The van der Waals surface area contributed by atoms with Gasteiger partial charge < -0.3 is 20.3 Å². The molecule has 2 aliphatic heterocycles. The van der Waals surface area contributed by atoms with E-state index in [2.05, 4.69) is 9.97 Å². The molecule has 1 aliphatic carbocycles. The van der Waals surface area contributed by atoms with Gasteiger partial charge in [-0.05, 0) is 48.8 Å². The quantitative estimate of drug-likeness (QED) is 0.366. The van der Waals surface area contributed by atoms with E-state index in [-0.39, 0.29) is 24.1 Å². The lowest BCUT2D eigenvalue weighted by molar-refractivity contribution is -0.137. The number of carbonyl (C=O) groups is 3. The maximum Gasteiger partial charge on any atom is 0.356 e. The molecule has 2 fully saturated rings. The Morgan fingerprint density at radius 3 is 2.48 bits per heavy atom. The summed E-state index contributed by atoms with van der Waals surface area (Å²) in [5.74, 6) is -0.528. The van der Waals surface area contributed by atoms with Crippen LogP contribution in [0.15, 0.2) is 67.3 Å². The summed E-state index contributed by atoms with van der Waals surface area (Å²) in [4.78, 5) is 56.4. The molecule has 2 N–H and O–H groups in total. The van der Waals surface area contributed by atoms with Gasteiger partial charge in [-0.1, -0.05) is 30.3 Å². The van der Waals surface area contributed by atoms with E-state index in [9.17, 15) is 14.4 Å². The van der Waals surface area contributed by atoms with Crippen molar-refractivity contribution < 1.29 is 19.1 Å². The van der Waals surface area contributed by atoms with Crippen molar-refractivity contribution in [2.45, 2.75) is 43.2 Å². The van der Waals surface area contributed by atoms with Gasteiger partial charge in [-0.25, -0.2) is 9.78 Å². The Hall–Kier alpha value is -4.70. The van der Waals surface area contributed by atoms with Gasteiger partial charge in [-0.15, -0.1) is 0 Å². The first-order valence-electron chi connectivity index (χ1n) is 14.1. The topological polar surface area (TPSA) is 132 Å². The summed E-state index contributed by atoms with van der Waals surface area (Å²) in [6, 6.07) is 13.3. The van der Waals surface area contributed by atoms with E-state index in [1.807, 2.05) is 47.5 Å². The lowest BCUT2D eigenvalue weighted by Crippen LogP contribution is -2.54. The highest BCUT2D eigenvalue weighted by atomic mass is 16.5. The maximum absolute atomic E-state index is 14.4. The first-order chi connectivity index (χ1) is 20.3. The van der Waals surface area contributed by atoms with Gasteiger partial charge in [-0.2, -0.15) is 0 Å². The lowest BCUT2D eigenvalue weighted by Gasteiger charge is -2.39. The smallest absolute Gasteiger partial charge is 0.356 e. The van der Waals surface area contributed by atoms with Crippen LogP contribution in [0.5, 0.6) is 0 Å². The van der Waals surface area contributed by atoms with Gasteiger partial charge in [0.2, 0.25) is 11.8 Å². The number of likely N-dealkylation sites (tertiary alicyclic amines) is 1. The Kier molecular flexibility index (Phi) is 6.05. The van der Waals surface area contributed by atoms with Crippen LogP contribution in [0.25, 0.3) is 21.9 Å². The molecule has 3 aliphatic rings. The van der Waals surface area contributed by atoms with Crippen LogP contribution < -0.4 is 10.6 Å². The molecule has 1 saturated heterocycles. The second-order valence-corrected chi connectivity index (χ2v) is 11.4. The summed E-state index contributed by atoms with van der Waals surface area (Å²) in [6.45, 7) is 1.19. The van der Waals surface area contributed by atoms with Gasteiger partial charge in [-0.3, -0.25) is 19.6 Å². The molecule has 4 aromatic rings. The van der Waals surface area contributed by atoms with E-state index in [1.54, 1.807) is 29.6 Å². The molecule has 3 aromatic heterocycles. The van der Waals surface area contributed by atoms with Crippen molar-refractivity contribution in [1.29, 1.82) is 0 Å². The van der Waals surface area contributed by atoms with Crippen molar-refractivity contribution in [3.63, 3.8) is 0 Å². The highest BCUT2D eigenvalue weighted by Crippen LogP contribution is 2.49. The zero-order valence-electron chi connectivity index (χ0n) is 23.2. The molecule has 7 rings (SSSR count). The first-order valence-corrected chi connectivity index (χ1v) is 14.1. The van der Waals surface area contributed by atoms with Crippen molar-refractivity contribution in [3.8, 4) is 11.1 Å². The maximum atomic E-state index is 14.4. The highest BCUT2D eigenvalue weighted by molar-refractivity contribution is 6.08. The minimum absolute atomic E-state index is 0.00782. The summed E-state index contributed by atoms with van der Waals surface area (Å²) < 4.78 is 4.81. The summed E-state index contributed by atoms with van der Waals surface area (Å²) >= 11 is 0. The van der Waals surface area contributed by atoms with Crippen LogP contribution in [-0.4, -0.2) is 63.4 Å². The Morgan fingerprint density at radius 1 is 0.976 bits per heavy atom. The minimum Gasteiger partial charge on any atom is -0.464 e. The molecule has 10 nitrogen and oxygen atoms in total. The number of nitrogens with two attached hydrogens (primary N) is 1. The fraction of sp³-hybridized carbons (Fsp3) is 0.312. The van der Waals surface area contributed by atoms with Crippen molar-refractivity contribution >= 4 is 34.2 Å². The van der Waals surface area contributed by atoms with E-state index in [0.717, 1.165) is 46.0 Å². The minimum atomic E-state index is -0.735. The van der Waals surface area contributed by atoms with E-state index in [1.165, 1.54) is 7.11 Å². The Morgan fingerprint density at radius 2 is 1.76 bits per heavy atom. The van der Waals surface area contributed by atoms with Gasteiger partial charge >= 0.3 is 5.97 Å². The van der Waals surface area contributed by atoms with Crippen molar-refractivity contribution in [3.05, 3.63) is 84.2 Å². The van der Waals surface area contributed by atoms with E-state index in [0.29, 0.717) is 31.6 Å². The molecule has 212 valence electrons. The van der Waals surface area contributed by atoms with E-state index < -0.39 is 16.9 Å². The SMILES string of the molecule is COC(=O)c1ccc(-c2c(CN3C(=O)C4(CCN(C(=O)C5(N)CC5)CC4)c4ccncc43)ncc3ccccc23)cn1. The summed E-state index contributed by atoms with van der Waals surface area (Å²) in [7, 11) is 1.32. The summed E-state index contributed by atoms with van der Waals surface area (Å²) in [5, 5.41) is 1.91. The van der Waals surface area contributed by atoms with Crippen LogP contribution in [0.3, 0.4) is 0 Å². The van der Waals surface area contributed by atoms with Crippen molar-refractivity contribution in [2.24, 2.45) is 5.73 Å². The number of nitrogens with zero attached hydrogens (tertiary/aromatic N) is 5. The second kappa shape index (κ2) is 9.70. The number of amides is 2. The molecule has 1 spiro atoms. The molecular weight excluding hydrogens is 532 g/mol. The van der Waals surface area contributed by atoms with Crippen LogP contribution in [-0.2, 0) is 26.3 Å². The van der Waals surface area contributed by atoms with E-state index in [4.69, 9.17) is 15.5 Å². The summed E-state index contributed by atoms with van der Waals surface area (Å²) in [5.41, 5.74) is 8.97. The van der Waals surface area contributed by atoms with Crippen molar-refractivity contribution in [2.75, 3.05) is 25.1 Å². The van der Waals surface area contributed by atoms with Crippen LogP contribution in [0.4, 0.5) is 5.69 Å². The average molecular weight is 563 g/mol. The summed E-state index contributed by atoms with van der Waals surface area (Å²) in [6.07, 6.45) is 9.41. The fourth-order valence-electron chi connectivity index (χ4n) is 6.45. The molecule has 5 heterocycles. The molecule has 0 bridgehead atoms. The monoisotopic (exact) mass is 562 g/mol. The predicted molar refractivity (Wildman–Crippen MR) is 155 cm³/mol. The number of aromatic nitrogens is 3. The number of hydrogen-bond donors (Lipinski definition) is 1. The first kappa shape index (κ1) is 26.2. The molecule has 10 heteroatoms. The largest absolute Gasteiger partial charge is 0.464 e. The number of fused-ring (bicyclic) bond motifs is 3. The Labute approximate surface area is 242 Å². The zero-order chi connectivity index (χ0) is 29.1. The number of pyridine rings is 3. The van der Waals surface area contributed by atoms with Crippen LogP contribution in [0, 0.1) is 0 Å². The van der Waals surface area contributed by atoms with Gasteiger partial charge in [0.1, 0.15) is 5.69 Å². The standard InChI is InChI=1S/C32H30N6O4/c1-42-28(39)24-7-6-21(17-35-24)27-22-5-3-2-4-20(22)16-36-25(27)19-38-26-18-34-13-8-23(26)31(29(38)40)11-14-37(15-12-31)30(41)32(33)9-10-32/h2-8,13,16-18H,9-12,14-15,19,33H2,1H3. The molecule has 0 radical (unpaired) electrons. The van der Waals surface area contributed by atoms with E-state index >= 15 is 0 Å². The molecule has 1 aromatic carbocycles. The third kappa shape index (κ3) is 4.05. The number of piperidine rings is 1. The van der Waals surface area contributed by atoms with Crippen LogP contribution in [0.1, 0.15) is 47.4 Å². The predicted octanol–water partition coefficient (Wildman–Crippen LogP) is 3.38. The van der Waals surface area contributed by atoms with Crippen LogP contribution in [0.2, 0.25) is 0 Å². The Balaban J connectivity index is 1.25. The molecule has 0 unspecified atom stereocenters. The number of ether oxygens (including phenoxy) is 1. The third-order valence-corrected chi connectivity index (χ3v) is 9.01. The number of anilines is 1. The number of benzene rings is 1. The highest BCUT2D eigenvalue weighted by Gasteiger charge is 2.55. The molecular formula is C32H30N6O4. The van der Waals surface area contributed by atoms with Gasteiger partial charge in [0.15, 0.2) is 0 Å². The number of methoxy groups -OCH3 is 1. The number of rotatable bonds is 5. The number of esters is 1.